The van der Waals surface area contributed by atoms with Crippen molar-refractivity contribution in [3.63, 3.8) is 0 Å². The second-order valence-corrected chi connectivity index (χ2v) is 18.5. The fourth-order valence-electron chi connectivity index (χ4n) is 7.00. The Morgan fingerprint density at radius 1 is 0.508 bits per heavy atom. The molecular weight excluding hydrogens is 825 g/mol. The first kappa shape index (κ1) is 47.7. The Morgan fingerprint density at radius 3 is 1.19 bits per heavy atom. The van der Waals surface area contributed by atoms with Crippen LogP contribution in [-0.2, 0) is 51.2 Å². The van der Waals surface area contributed by atoms with Gasteiger partial charge in [0.25, 0.3) is 0 Å². The zero-order valence-corrected chi connectivity index (χ0v) is 37.5. The molecule has 0 amide bonds. The number of hydrogen-bond acceptors (Lipinski definition) is 12. The maximum atomic E-state index is 13.3. The van der Waals surface area contributed by atoms with Gasteiger partial charge >= 0.3 is 11.9 Å². The normalized spacial score (nSPS) is 15.1. The molecule has 0 spiro atoms. The molecule has 0 saturated carbocycles. The van der Waals surface area contributed by atoms with Crippen LogP contribution in [0.1, 0.15) is 76.3 Å². The van der Waals surface area contributed by atoms with Crippen molar-refractivity contribution in [3.8, 4) is 23.0 Å². The maximum absolute atomic E-state index is 13.3. The predicted octanol–water partition coefficient (Wildman–Crippen LogP) is 8.80. The molecule has 6 rings (SSSR count). The molecule has 12 nitrogen and oxygen atoms in total. The van der Waals surface area contributed by atoms with Crippen molar-refractivity contribution in [3.05, 3.63) is 108 Å². The fourth-order valence-corrected chi connectivity index (χ4v) is 8.26. The highest BCUT2D eigenvalue weighted by Crippen LogP contribution is 2.32. The first-order chi connectivity index (χ1) is 30.6. The molecular formula is C50H62O12S. The lowest BCUT2D eigenvalue weighted by Gasteiger charge is -2.40. The molecule has 340 valence electrons. The van der Waals surface area contributed by atoms with Crippen LogP contribution >= 0.6 is 0 Å². The predicted molar refractivity (Wildman–Crippen MR) is 237 cm³/mol. The molecule has 0 radical (unpaired) electrons. The van der Waals surface area contributed by atoms with E-state index in [2.05, 4.69) is 13.8 Å². The summed E-state index contributed by atoms with van der Waals surface area (Å²) in [6.07, 6.45) is 7.07. The Kier molecular flexibility index (Phi) is 18.0. The monoisotopic (exact) mass is 886 g/mol. The van der Waals surface area contributed by atoms with E-state index in [4.69, 9.17) is 37.9 Å². The van der Waals surface area contributed by atoms with E-state index in [0.29, 0.717) is 39.3 Å². The molecule has 2 fully saturated rings. The quantitative estimate of drug-likeness (QED) is 0.0306. The minimum Gasteiger partial charge on any atom is -0.494 e. The van der Waals surface area contributed by atoms with E-state index in [-0.39, 0.29) is 45.0 Å². The number of esters is 2. The number of carbonyl (C=O) groups is 2. The third-order valence-corrected chi connectivity index (χ3v) is 13.5. The Morgan fingerprint density at radius 2 is 0.857 bits per heavy atom. The van der Waals surface area contributed by atoms with Crippen molar-refractivity contribution in [1.29, 1.82) is 0 Å². The van der Waals surface area contributed by atoms with E-state index in [0.717, 1.165) is 101 Å². The van der Waals surface area contributed by atoms with Crippen LogP contribution in [0.3, 0.4) is 0 Å². The van der Waals surface area contributed by atoms with Gasteiger partial charge in [-0.15, -0.1) is 0 Å². The van der Waals surface area contributed by atoms with Gasteiger partial charge in [-0.2, -0.15) is 0 Å². The summed E-state index contributed by atoms with van der Waals surface area (Å²) in [4.78, 5) is 25.3. The first-order valence-corrected chi connectivity index (χ1v) is 23.7. The number of ether oxygens (including phenoxy) is 8. The molecule has 2 heterocycles. The molecule has 0 N–H and O–H groups in total. The second-order valence-electron chi connectivity index (χ2n) is 16.6. The zero-order chi connectivity index (χ0) is 44.4. The number of carbonyl (C=O) groups excluding carboxylic acids is 2. The van der Waals surface area contributed by atoms with Crippen LogP contribution in [-0.4, -0.2) is 86.4 Å². The second kappa shape index (κ2) is 23.8. The van der Waals surface area contributed by atoms with Gasteiger partial charge in [-0.1, -0.05) is 38.1 Å². The Bertz CT molecular complexity index is 1950. The van der Waals surface area contributed by atoms with Crippen LogP contribution < -0.4 is 18.9 Å². The molecule has 4 aromatic rings. The van der Waals surface area contributed by atoms with Crippen LogP contribution in [0, 0.1) is 10.8 Å². The molecule has 2 aliphatic rings. The molecule has 4 aromatic carbocycles. The fraction of sp³-hybridized carbons (Fsp3) is 0.480. The average molecular weight is 887 g/mol. The van der Waals surface area contributed by atoms with E-state index in [1.54, 1.807) is 0 Å². The van der Waals surface area contributed by atoms with E-state index >= 15 is 0 Å². The van der Waals surface area contributed by atoms with Gasteiger partial charge < -0.3 is 37.9 Å². The van der Waals surface area contributed by atoms with Gasteiger partial charge in [0.15, 0.2) is 0 Å². The number of sulfone groups is 1. The van der Waals surface area contributed by atoms with Gasteiger partial charge in [-0.25, -0.2) is 8.42 Å². The summed E-state index contributed by atoms with van der Waals surface area (Å²) in [5, 5.41) is 0. The van der Waals surface area contributed by atoms with Crippen molar-refractivity contribution in [1.82, 2.24) is 0 Å². The largest absolute Gasteiger partial charge is 0.494 e. The maximum Gasteiger partial charge on any atom is 0.311 e. The lowest BCUT2D eigenvalue weighted by atomic mass is 9.84. The van der Waals surface area contributed by atoms with E-state index in [1.807, 2.05) is 48.5 Å². The summed E-state index contributed by atoms with van der Waals surface area (Å²) in [7, 11) is -3.88. The number of rotatable bonds is 28. The molecule has 63 heavy (non-hydrogen) atoms. The molecule has 0 atom stereocenters. The molecule has 0 unspecified atom stereocenters. The van der Waals surface area contributed by atoms with Crippen LogP contribution in [0.15, 0.2) is 107 Å². The van der Waals surface area contributed by atoms with Gasteiger partial charge in [0, 0.05) is 36.9 Å². The van der Waals surface area contributed by atoms with E-state index in [9.17, 15) is 18.0 Å². The lowest BCUT2D eigenvalue weighted by Crippen LogP contribution is -2.45. The minimum atomic E-state index is -3.88. The highest BCUT2D eigenvalue weighted by Gasteiger charge is 2.37. The van der Waals surface area contributed by atoms with Gasteiger partial charge in [0.05, 0.1) is 62.6 Å². The Labute approximate surface area is 372 Å². The average Bonchev–Trinajstić information content (AvgIpc) is 3.27. The first-order valence-electron chi connectivity index (χ1n) is 22.2. The number of aryl methyl sites for hydroxylation is 2. The topological polar surface area (TPSA) is 142 Å². The summed E-state index contributed by atoms with van der Waals surface area (Å²) in [6, 6.07) is 26.7. The molecule has 0 aliphatic carbocycles. The minimum absolute atomic E-state index is 0.0358. The lowest BCUT2D eigenvalue weighted by molar-refractivity contribution is -0.150. The highest BCUT2D eigenvalue weighted by atomic mass is 32.2. The van der Waals surface area contributed by atoms with Crippen molar-refractivity contribution in [2.75, 3.05) is 66.1 Å². The van der Waals surface area contributed by atoms with Gasteiger partial charge in [0.1, 0.15) is 23.0 Å². The van der Waals surface area contributed by atoms with Crippen LogP contribution in [0.25, 0.3) is 0 Å². The van der Waals surface area contributed by atoms with E-state index in [1.165, 1.54) is 48.5 Å². The summed E-state index contributed by atoms with van der Waals surface area (Å²) in [6.45, 7) is 11.7. The Hall–Kier alpha value is -4.79. The summed E-state index contributed by atoms with van der Waals surface area (Å²) in [5.41, 5.74) is 2.36. The summed E-state index contributed by atoms with van der Waals surface area (Å²) in [5.74, 6) is 1.17. The summed E-state index contributed by atoms with van der Waals surface area (Å²) < 4.78 is 71.7. The SMILES string of the molecule is CCC1(COCCCCOc2ccc(CCC(=O)Oc3ccc(S(=O)(=O)c4ccc(OC(=O)CCc5ccc(OCCCCOCC6(CC)COC6)cc5)cc4)cc3)cc2)COC1. The number of benzene rings is 4. The molecule has 0 aromatic heterocycles. The zero-order valence-electron chi connectivity index (χ0n) is 36.7. The van der Waals surface area contributed by atoms with Gasteiger partial charge in [0.2, 0.25) is 9.84 Å². The third-order valence-electron chi connectivity index (χ3n) is 11.7. The summed E-state index contributed by atoms with van der Waals surface area (Å²) >= 11 is 0. The number of hydrogen-bond donors (Lipinski definition) is 0. The van der Waals surface area contributed by atoms with Crippen LogP contribution in [0.5, 0.6) is 23.0 Å². The van der Waals surface area contributed by atoms with Gasteiger partial charge in [-0.05, 0) is 135 Å². The smallest absolute Gasteiger partial charge is 0.311 e. The molecule has 2 aliphatic heterocycles. The van der Waals surface area contributed by atoms with Crippen molar-refractivity contribution in [2.24, 2.45) is 10.8 Å². The number of unbranched alkanes of at least 4 members (excludes halogenated alkanes) is 2. The third kappa shape index (κ3) is 14.6. The molecule has 13 heteroatoms. The molecule has 2 saturated heterocycles. The highest BCUT2D eigenvalue weighted by molar-refractivity contribution is 7.91. The molecule has 0 bridgehead atoms. The van der Waals surface area contributed by atoms with Crippen molar-refractivity contribution in [2.45, 2.75) is 87.8 Å². The Balaban J connectivity index is 0.832. The van der Waals surface area contributed by atoms with Crippen LogP contribution in [0.2, 0.25) is 0 Å². The van der Waals surface area contributed by atoms with E-state index < -0.39 is 21.8 Å². The van der Waals surface area contributed by atoms with Crippen LogP contribution in [0.4, 0.5) is 0 Å². The van der Waals surface area contributed by atoms with Crippen molar-refractivity contribution < 1.29 is 55.9 Å². The standard InChI is InChI=1S/C50H62O12S/c1-3-49(35-57-36-49)33-55-29-5-7-31-59-41-15-9-39(10-16-41)13-27-47(51)61-43-19-23-45(24-20-43)63(53,54)46-25-21-44(22-26-46)62-48(52)28-14-40-11-17-42(18-12-40)60-32-8-6-30-56-34-50(4-2)37-58-38-50/h9-12,15-26H,3-8,13-14,27-38H2,1-2H3. The van der Waals surface area contributed by atoms with Gasteiger partial charge in [-0.3, -0.25) is 9.59 Å². The van der Waals surface area contributed by atoms with Crippen molar-refractivity contribution >= 4 is 21.8 Å².